The van der Waals surface area contributed by atoms with Crippen LogP contribution in [0.25, 0.3) is 27.0 Å². The van der Waals surface area contributed by atoms with Crippen LogP contribution in [0.1, 0.15) is 12.5 Å². The molecule has 0 radical (unpaired) electrons. The molecule has 0 spiro atoms. The Morgan fingerprint density at radius 1 is 0.641 bits per heavy atom. The molecule has 0 atom stereocenters. The fourth-order valence-electron chi connectivity index (χ4n) is 4.36. The third-order valence-corrected chi connectivity index (χ3v) is 7.62. The van der Waals surface area contributed by atoms with Gasteiger partial charge in [0.25, 0.3) is 0 Å². The quantitative estimate of drug-likeness (QED) is 0.188. The number of methoxy groups -OCH3 is 2. The van der Waals surface area contributed by atoms with Crippen LogP contribution in [-0.2, 0) is 0 Å². The molecule has 0 aliphatic rings. The van der Waals surface area contributed by atoms with Gasteiger partial charge in [-0.15, -0.1) is 11.3 Å². The fourth-order valence-corrected chi connectivity index (χ4v) is 5.38. The molecule has 192 valence electrons. The Hall–Kier alpha value is -4.79. The smallest absolute Gasteiger partial charge is 0.119 e. The number of nitriles is 1. The first-order valence-corrected chi connectivity index (χ1v) is 13.4. The SMILES string of the molecule is COc1ccc(N(c2ccc(OC)cc2)c2ccc(-c3ccc(-c4ccc(/C=C(/C)C#N)cc4)s3)cc2)cc1. The Balaban J connectivity index is 1.42. The largest absolute Gasteiger partial charge is 0.497 e. The number of rotatable bonds is 8. The molecule has 0 saturated heterocycles. The second-order valence-corrected chi connectivity index (χ2v) is 10.1. The Bertz CT molecular complexity index is 1560. The van der Waals surface area contributed by atoms with Gasteiger partial charge >= 0.3 is 0 Å². The molecule has 0 saturated carbocycles. The number of allylic oxidation sites excluding steroid dienone is 1. The minimum Gasteiger partial charge on any atom is -0.497 e. The van der Waals surface area contributed by atoms with Gasteiger partial charge in [0.2, 0.25) is 0 Å². The van der Waals surface area contributed by atoms with E-state index in [1.165, 1.54) is 20.9 Å². The maximum Gasteiger partial charge on any atom is 0.119 e. The molecule has 5 rings (SSSR count). The monoisotopic (exact) mass is 528 g/mol. The number of anilines is 3. The molecule has 1 heterocycles. The van der Waals surface area contributed by atoms with Crippen molar-refractivity contribution in [1.29, 1.82) is 5.26 Å². The zero-order valence-electron chi connectivity index (χ0n) is 22.1. The van der Waals surface area contributed by atoms with Crippen LogP contribution >= 0.6 is 11.3 Å². The van der Waals surface area contributed by atoms with Gasteiger partial charge in [0.15, 0.2) is 0 Å². The lowest BCUT2D eigenvalue weighted by molar-refractivity contribution is 0.415. The molecule has 0 unspecified atom stereocenters. The second-order valence-electron chi connectivity index (χ2n) is 9.00. The second kappa shape index (κ2) is 11.7. The van der Waals surface area contributed by atoms with Gasteiger partial charge in [-0.05, 0) is 102 Å². The summed E-state index contributed by atoms with van der Waals surface area (Å²) in [6, 6.07) is 39.6. The molecular formula is C34H28N2O2S. The lowest BCUT2D eigenvalue weighted by atomic mass is 10.1. The third-order valence-electron chi connectivity index (χ3n) is 6.43. The average Bonchev–Trinajstić information content (AvgIpc) is 3.49. The molecular weight excluding hydrogens is 500 g/mol. The van der Waals surface area contributed by atoms with Crippen LogP contribution in [0.15, 0.2) is 115 Å². The standard InChI is InChI=1S/C34H28N2O2S/c1-24(23-35)22-25-4-6-26(7-5-25)33-20-21-34(39-33)27-8-10-28(11-9-27)36(29-12-16-31(37-2)17-13-29)30-14-18-32(38-3)19-15-30/h4-22H,1-3H3/b24-22-. The number of hydrogen-bond donors (Lipinski definition) is 0. The van der Waals surface area contributed by atoms with E-state index in [2.05, 4.69) is 95.9 Å². The highest BCUT2D eigenvalue weighted by Crippen LogP contribution is 2.39. The number of nitrogens with zero attached hydrogens (tertiary/aromatic N) is 2. The predicted octanol–water partition coefficient (Wildman–Crippen LogP) is 9.50. The molecule has 4 aromatic carbocycles. The van der Waals surface area contributed by atoms with Crippen molar-refractivity contribution in [3.05, 3.63) is 120 Å². The summed E-state index contributed by atoms with van der Waals surface area (Å²) in [5.41, 5.74) is 7.20. The molecule has 0 bridgehead atoms. The van der Waals surface area contributed by atoms with Crippen molar-refractivity contribution in [2.75, 3.05) is 19.1 Å². The number of benzene rings is 4. The molecule has 39 heavy (non-hydrogen) atoms. The van der Waals surface area contributed by atoms with Crippen LogP contribution in [0.5, 0.6) is 11.5 Å². The summed E-state index contributed by atoms with van der Waals surface area (Å²) in [6.45, 7) is 1.82. The van der Waals surface area contributed by atoms with Crippen molar-refractivity contribution in [3.8, 4) is 38.4 Å². The molecule has 0 fully saturated rings. The minimum atomic E-state index is 0.696. The van der Waals surface area contributed by atoms with Crippen molar-refractivity contribution in [1.82, 2.24) is 0 Å². The van der Waals surface area contributed by atoms with E-state index in [1.54, 1.807) is 25.6 Å². The van der Waals surface area contributed by atoms with Gasteiger partial charge in [-0.2, -0.15) is 5.26 Å². The van der Waals surface area contributed by atoms with Gasteiger partial charge in [0.1, 0.15) is 11.5 Å². The Labute approximate surface area is 233 Å². The molecule has 0 aliphatic heterocycles. The fraction of sp³-hybridized carbons (Fsp3) is 0.0882. The molecule has 5 heteroatoms. The van der Waals surface area contributed by atoms with Gasteiger partial charge in [0, 0.05) is 32.4 Å². The molecule has 5 aromatic rings. The van der Waals surface area contributed by atoms with E-state index < -0.39 is 0 Å². The lowest BCUT2D eigenvalue weighted by Crippen LogP contribution is -2.09. The van der Waals surface area contributed by atoms with E-state index in [-0.39, 0.29) is 0 Å². The van der Waals surface area contributed by atoms with Crippen LogP contribution < -0.4 is 14.4 Å². The summed E-state index contributed by atoms with van der Waals surface area (Å²) in [6.07, 6.45) is 1.90. The zero-order valence-corrected chi connectivity index (χ0v) is 22.9. The van der Waals surface area contributed by atoms with Gasteiger partial charge in [-0.25, -0.2) is 0 Å². The topological polar surface area (TPSA) is 45.5 Å². The van der Waals surface area contributed by atoms with E-state index in [0.29, 0.717) is 5.57 Å². The van der Waals surface area contributed by atoms with Crippen LogP contribution in [0, 0.1) is 11.3 Å². The van der Waals surface area contributed by atoms with Crippen molar-refractivity contribution in [3.63, 3.8) is 0 Å². The summed E-state index contributed by atoms with van der Waals surface area (Å²) in [5, 5.41) is 9.01. The van der Waals surface area contributed by atoms with Gasteiger partial charge < -0.3 is 14.4 Å². The van der Waals surface area contributed by atoms with E-state index in [1.807, 2.05) is 37.3 Å². The highest BCUT2D eigenvalue weighted by molar-refractivity contribution is 7.18. The van der Waals surface area contributed by atoms with E-state index in [4.69, 9.17) is 14.7 Å². The normalized spacial score (nSPS) is 11.1. The van der Waals surface area contributed by atoms with Gasteiger partial charge in [-0.3, -0.25) is 0 Å². The molecule has 0 aliphatic carbocycles. The Kier molecular flexibility index (Phi) is 7.77. The molecule has 0 amide bonds. The maximum absolute atomic E-state index is 9.01. The maximum atomic E-state index is 9.01. The van der Waals surface area contributed by atoms with E-state index in [9.17, 15) is 0 Å². The van der Waals surface area contributed by atoms with Crippen LogP contribution in [0.4, 0.5) is 17.1 Å². The predicted molar refractivity (Wildman–Crippen MR) is 162 cm³/mol. The molecule has 4 nitrogen and oxygen atoms in total. The van der Waals surface area contributed by atoms with Gasteiger partial charge in [-0.1, -0.05) is 36.4 Å². The summed E-state index contributed by atoms with van der Waals surface area (Å²) in [7, 11) is 3.35. The van der Waals surface area contributed by atoms with E-state index in [0.717, 1.165) is 34.1 Å². The summed E-state index contributed by atoms with van der Waals surface area (Å²) in [4.78, 5) is 4.63. The first-order chi connectivity index (χ1) is 19.1. The Morgan fingerprint density at radius 2 is 1.05 bits per heavy atom. The number of ether oxygens (including phenoxy) is 2. The Morgan fingerprint density at radius 3 is 1.46 bits per heavy atom. The lowest BCUT2D eigenvalue weighted by Gasteiger charge is -2.26. The van der Waals surface area contributed by atoms with Crippen molar-refractivity contribution >= 4 is 34.5 Å². The van der Waals surface area contributed by atoms with Crippen LogP contribution in [0.3, 0.4) is 0 Å². The van der Waals surface area contributed by atoms with Crippen molar-refractivity contribution in [2.45, 2.75) is 6.92 Å². The van der Waals surface area contributed by atoms with Crippen molar-refractivity contribution in [2.24, 2.45) is 0 Å². The van der Waals surface area contributed by atoms with Crippen molar-refractivity contribution < 1.29 is 9.47 Å². The first kappa shape index (κ1) is 25.8. The molecule has 0 N–H and O–H groups in total. The third kappa shape index (κ3) is 5.87. The number of hydrogen-bond acceptors (Lipinski definition) is 5. The van der Waals surface area contributed by atoms with Crippen LogP contribution in [-0.4, -0.2) is 14.2 Å². The van der Waals surface area contributed by atoms with Crippen LogP contribution in [0.2, 0.25) is 0 Å². The number of thiophene rings is 1. The summed E-state index contributed by atoms with van der Waals surface area (Å²) < 4.78 is 10.7. The zero-order chi connectivity index (χ0) is 27.2. The molecule has 1 aromatic heterocycles. The summed E-state index contributed by atoms with van der Waals surface area (Å²) >= 11 is 1.77. The minimum absolute atomic E-state index is 0.696. The highest BCUT2D eigenvalue weighted by Gasteiger charge is 2.14. The average molecular weight is 529 g/mol. The van der Waals surface area contributed by atoms with Gasteiger partial charge in [0.05, 0.1) is 20.3 Å². The highest BCUT2D eigenvalue weighted by atomic mass is 32.1. The summed E-state index contributed by atoms with van der Waals surface area (Å²) in [5.74, 6) is 1.64. The first-order valence-electron chi connectivity index (χ1n) is 12.6. The van der Waals surface area contributed by atoms with E-state index >= 15 is 0 Å².